The molecule has 3 N–H and O–H groups in total. The van der Waals surface area contributed by atoms with Gasteiger partial charge in [-0.2, -0.15) is 18.3 Å². The van der Waals surface area contributed by atoms with Crippen LogP contribution in [0.5, 0.6) is 0 Å². The normalized spacial score (nSPS) is 21.5. The van der Waals surface area contributed by atoms with Crippen LogP contribution in [-0.4, -0.2) is 33.9 Å². The molecule has 0 radical (unpaired) electrons. The number of halogens is 3. The van der Waals surface area contributed by atoms with E-state index in [1.165, 1.54) is 17.3 Å². The second-order valence-corrected chi connectivity index (χ2v) is 10.6. The van der Waals surface area contributed by atoms with E-state index in [0.717, 1.165) is 29.5 Å². The molecule has 0 fully saturated rings. The SMILES string of the molecule is CC(C)(CNC1CCCc2ccccc21)NC(=O)c1cnn2c1N[C@@H](c1ccccc1)C[C@H]2C(F)(F)F. The summed E-state index contributed by atoms with van der Waals surface area (Å²) in [7, 11) is 0. The molecular formula is C28H32F3N5O. The van der Waals surface area contributed by atoms with Crippen LogP contribution in [0.3, 0.4) is 0 Å². The number of alkyl halides is 3. The molecule has 0 saturated carbocycles. The average molecular weight is 512 g/mol. The Morgan fingerprint density at radius 3 is 2.59 bits per heavy atom. The van der Waals surface area contributed by atoms with E-state index < -0.39 is 29.7 Å². The number of carbonyl (C=O) groups excluding carboxylic acids is 1. The van der Waals surface area contributed by atoms with Crippen molar-refractivity contribution < 1.29 is 18.0 Å². The molecule has 2 heterocycles. The van der Waals surface area contributed by atoms with Gasteiger partial charge in [0.15, 0.2) is 6.04 Å². The molecule has 0 saturated heterocycles. The van der Waals surface area contributed by atoms with Gasteiger partial charge in [0.25, 0.3) is 5.91 Å². The number of fused-ring (bicyclic) bond motifs is 2. The van der Waals surface area contributed by atoms with Crippen LogP contribution in [0, 0.1) is 0 Å². The Labute approximate surface area is 214 Å². The molecule has 1 aromatic heterocycles. The topological polar surface area (TPSA) is 71.0 Å². The molecular weight excluding hydrogens is 479 g/mol. The average Bonchev–Trinajstić information content (AvgIpc) is 3.31. The lowest BCUT2D eigenvalue weighted by Crippen LogP contribution is -2.51. The standard InChI is InChI=1S/C28H32F3N5O/c1-27(2,17-32-22-14-8-12-18-9-6-7-13-20(18)22)35-26(37)21-16-33-36-24(28(29,30)31)15-23(34-25(21)36)19-10-4-3-5-11-19/h3-7,9-11,13,16,22-24,32,34H,8,12,14-15,17H2,1-2H3,(H,35,37)/t22?,23-,24+/m1/s1. The van der Waals surface area contributed by atoms with Gasteiger partial charge in [-0.15, -0.1) is 0 Å². The first-order chi connectivity index (χ1) is 17.6. The van der Waals surface area contributed by atoms with Crippen molar-refractivity contribution in [3.8, 4) is 0 Å². The first kappa shape index (κ1) is 25.3. The number of carbonyl (C=O) groups is 1. The zero-order valence-electron chi connectivity index (χ0n) is 21.0. The summed E-state index contributed by atoms with van der Waals surface area (Å²) < 4.78 is 42.8. The lowest BCUT2D eigenvalue weighted by atomic mass is 9.87. The van der Waals surface area contributed by atoms with E-state index >= 15 is 0 Å². The fourth-order valence-corrected chi connectivity index (χ4v) is 5.40. The molecule has 196 valence electrons. The smallest absolute Gasteiger partial charge is 0.363 e. The Bertz CT molecular complexity index is 1250. The zero-order chi connectivity index (χ0) is 26.2. The van der Waals surface area contributed by atoms with E-state index in [-0.39, 0.29) is 23.8 Å². The van der Waals surface area contributed by atoms with Crippen LogP contribution in [0.15, 0.2) is 60.8 Å². The van der Waals surface area contributed by atoms with E-state index in [4.69, 9.17) is 0 Å². The zero-order valence-corrected chi connectivity index (χ0v) is 21.0. The molecule has 5 rings (SSSR count). The van der Waals surface area contributed by atoms with Gasteiger partial charge in [0.2, 0.25) is 0 Å². The minimum atomic E-state index is -4.50. The largest absolute Gasteiger partial charge is 0.410 e. The second kappa shape index (κ2) is 9.85. The van der Waals surface area contributed by atoms with Gasteiger partial charge in [0.1, 0.15) is 11.4 Å². The predicted molar refractivity (Wildman–Crippen MR) is 136 cm³/mol. The van der Waals surface area contributed by atoms with Crippen LogP contribution in [-0.2, 0) is 6.42 Å². The van der Waals surface area contributed by atoms with Crippen molar-refractivity contribution >= 4 is 11.7 Å². The minimum absolute atomic E-state index is 0.0879. The highest BCUT2D eigenvalue weighted by Gasteiger charge is 2.47. The maximum absolute atomic E-state index is 14.0. The summed E-state index contributed by atoms with van der Waals surface area (Å²) in [4.78, 5) is 13.3. The van der Waals surface area contributed by atoms with Gasteiger partial charge >= 0.3 is 6.18 Å². The molecule has 37 heavy (non-hydrogen) atoms. The lowest BCUT2D eigenvalue weighted by molar-refractivity contribution is -0.173. The van der Waals surface area contributed by atoms with Crippen molar-refractivity contribution in [3.05, 3.63) is 83.0 Å². The van der Waals surface area contributed by atoms with Gasteiger partial charge < -0.3 is 16.0 Å². The minimum Gasteiger partial charge on any atom is -0.363 e. The van der Waals surface area contributed by atoms with Crippen LogP contribution in [0.4, 0.5) is 19.0 Å². The third kappa shape index (κ3) is 5.37. The monoisotopic (exact) mass is 511 g/mol. The summed E-state index contributed by atoms with van der Waals surface area (Å²) >= 11 is 0. The van der Waals surface area contributed by atoms with Crippen molar-refractivity contribution in [2.24, 2.45) is 0 Å². The van der Waals surface area contributed by atoms with Gasteiger partial charge in [-0.1, -0.05) is 54.6 Å². The summed E-state index contributed by atoms with van der Waals surface area (Å²) in [6, 6.07) is 15.1. The van der Waals surface area contributed by atoms with Crippen molar-refractivity contribution in [2.45, 2.75) is 69.4 Å². The number of nitrogens with one attached hydrogen (secondary N) is 3. The number of benzene rings is 2. The molecule has 3 atom stereocenters. The predicted octanol–water partition coefficient (Wildman–Crippen LogP) is 5.72. The summed E-state index contributed by atoms with van der Waals surface area (Å²) in [5.41, 5.74) is 2.82. The number of nitrogens with zero attached hydrogens (tertiary/aromatic N) is 2. The van der Waals surface area contributed by atoms with Crippen LogP contribution < -0.4 is 16.0 Å². The second-order valence-electron chi connectivity index (χ2n) is 10.6. The number of aryl methyl sites for hydroxylation is 1. The quantitative estimate of drug-likeness (QED) is 0.396. The Hall–Kier alpha value is -3.33. The van der Waals surface area contributed by atoms with Crippen LogP contribution >= 0.6 is 0 Å². The number of hydrogen-bond acceptors (Lipinski definition) is 4. The van der Waals surface area contributed by atoms with Crippen LogP contribution in [0.25, 0.3) is 0 Å². The van der Waals surface area contributed by atoms with Gasteiger partial charge in [-0.25, -0.2) is 4.68 Å². The van der Waals surface area contributed by atoms with Crippen LogP contribution in [0.2, 0.25) is 0 Å². The van der Waals surface area contributed by atoms with E-state index in [2.05, 4.69) is 39.2 Å². The molecule has 1 unspecified atom stereocenters. The molecule has 6 nitrogen and oxygen atoms in total. The number of amides is 1. The molecule has 1 aliphatic carbocycles. The number of anilines is 1. The van der Waals surface area contributed by atoms with Crippen molar-refractivity contribution in [1.29, 1.82) is 0 Å². The van der Waals surface area contributed by atoms with E-state index in [0.29, 0.717) is 6.54 Å². The maximum atomic E-state index is 14.0. The third-order valence-corrected chi connectivity index (χ3v) is 7.30. The van der Waals surface area contributed by atoms with Gasteiger partial charge in [-0.3, -0.25) is 4.79 Å². The summed E-state index contributed by atoms with van der Waals surface area (Å²) in [6.45, 7) is 4.31. The molecule has 0 bridgehead atoms. The number of rotatable bonds is 6. The fourth-order valence-electron chi connectivity index (χ4n) is 5.40. The highest BCUT2D eigenvalue weighted by atomic mass is 19.4. The first-order valence-corrected chi connectivity index (χ1v) is 12.7. The van der Waals surface area contributed by atoms with Crippen molar-refractivity contribution in [3.63, 3.8) is 0 Å². The Kier molecular flexibility index (Phi) is 6.74. The molecule has 3 aromatic rings. The highest BCUT2D eigenvalue weighted by molar-refractivity contribution is 5.99. The molecule has 1 amide bonds. The van der Waals surface area contributed by atoms with Crippen LogP contribution in [0.1, 0.15) is 78.3 Å². The molecule has 2 aromatic carbocycles. The van der Waals surface area contributed by atoms with E-state index in [1.807, 2.05) is 26.0 Å². The lowest BCUT2D eigenvalue weighted by Gasteiger charge is -2.34. The summed E-state index contributed by atoms with van der Waals surface area (Å²) in [5, 5.41) is 13.7. The van der Waals surface area contributed by atoms with E-state index in [9.17, 15) is 18.0 Å². The molecule has 2 aliphatic rings. The Morgan fingerprint density at radius 1 is 1.11 bits per heavy atom. The fraction of sp³-hybridized carbons (Fsp3) is 0.429. The van der Waals surface area contributed by atoms with Crippen molar-refractivity contribution in [1.82, 2.24) is 20.4 Å². The number of hydrogen-bond donors (Lipinski definition) is 3. The first-order valence-electron chi connectivity index (χ1n) is 12.7. The molecule has 0 spiro atoms. The van der Waals surface area contributed by atoms with E-state index in [1.54, 1.807) is 24.3 Å². The van der Waals surface area contributed by atoms with Gasteiger partial charge in [0, 0.05) is 24.5 Å². The van der Waals surface area contributed by atoms with Gasteiger partial charge in [-0.05, 0) is 49.8 Å². The Morgan fingerprint density at radius 2 is 1.84 bits per heavy atom. The number of aromatic nitrogens is 2. The molecule has 9 heteroatoms. The third-order valence-electron chi connectivity index (χ3n) is 7.30. The van der Waals surface area contributed by atoms with Crippen molar-refractivity contribution in [2.75, 3.05) is 11.9 Å². The van der Waals surface area contributed by atoms with Gasteiger partial charge in [0.05, 0.1) is 12.2 Å². The summed E-state index contributed by atoms with van der Waals surface area (Å²) in [6.07, 6.45) is -0.299. The summed E-state index contributed by atoms with van der Waals surface area (Å²) in [5.74, 6) is -0.371. The Balaban J connectivity index is 1.33. The maximum Gasteiger partial charge on any atom is 0.410 e. The molecule has 1 aliphatic heterocycles. The highest BCUT2D eigenvalue weighted by Crippen LogP contribution is 2.44.